The van der Waals surface area contributed by atoms with Crippen molar-refractivity contribution in [3.63, 3.8) is 0 Å². The second-order valence-electron chi connectivity index (χ2n) is 5.07. The summed E-state index contributed by atoms with van der Waals surface area (Å²) in [6, 6.07) is 6.26. The Kier molecular flexibility index (Phi) is 3.38. The smallest absolute Gasteiger partial charge is 0.414 e. The van der Waals surface area contributed by atoms with Gasteiger partial charge in [0.2, 0.25) is 0 Å². The first-order valence-electron chi connectivity index (χ1n) is 6.37. The molecule has 108 valence electrons. The number of amides is 1. The van der Waals surface area contributed by atoms with Gasteiger partial charge in [0.25, 0.3) is 0 Å². The van der Waals surface area contributed by atoms with E-state index in [2.05, 4.69) is 0 Å². The molecular weight excluding hydrogens is 282 g/mol. The number of nitriles is 4. The van der Waals surface area contributed by atoms with E-state index in [0.717, 1.165) is 4.90 Å². The van der Waals surface area contributed by atoms with Crippen LogP contribution in [0.1, 0.15) is 6.92 Å². The van der Waals surface area contributed by atoms with Crippen LogP contribution in [0.15, 0.2) is 23.9 Å². The fraction of sp³-hybridized carbons (Fsp3) is 0.400. The molecule has 0 spiro atoms. The maximum atomic E-state index is 12.1. The zero-order valence-electron chi connectivity index (χ0n) is 11.9. The SMILES string of the molecule is COC(=O)N1C(C)=CC2C=CC1C(C#N)(C#N)C2(C#N)C#N. The molecule has 7 heteroatoms. The maximum Gasteiger partial charge on any atom is 0.414 e. The standard InChI is InChI=1S/C15H11N5O2/c1-10-5-11-3-4-12(20(10)13(21)22-2)15(8-18,9-19)14(11,6-16)7-17/h3-5,11-12H,1-2H3. The molecule has 3 rings (SSSR count). The van der Waals surface area contributed by atoms with E-state index >= 15 is 0 Å². The molecule has 0 saturated heterocycles. The number of methoxy groups -OCH3 is 1. The predicted octanol–water partition coefficient (Wildman–Crippen LogP) is 1.59. The minimum absolute atomic E-state index is 0.425. The van der Waals surface area contributed by atoms with Gasteiger partial charge in [0.05, 0.1) is 37.4 Å². The van der Waals surface area contributed by atoms with Crippen molar-refractivity contribution >= 4 is 6.09 Å². The number of ether oxygens (including phenoxy) is 1. The van der Waals surface area contributed by atoms with E-state index in [0.29, 0.717) is 5.70 Å². The van der Waals surface area contributed by atoms with Crippen molar-refractivity contribution < 1.29 is 9.53 Å². The molecule has 22 heavy (non-hydrogen) atoms. The summed E-state index contributed by atoms with van der Waals surface area (Å²) in [4.78, 5) is 13.2. The summed E-state index contributed by atoms with van der Waals surface area (Å²) in [6.45, 7) is 1.61. The van der Waals surface area contributed by atoms with Crippen LogP contribution in [0.2, 0.25) is 0 Å². The minimum atomic E-state index is -2.02. The summed E-state index contributed by atoms with van der Waals surface area (Å²) in [5.74, 6) is -0.771. The third-order valence-electron chi connectivity index (χ3n) is 4.22. The lowest BCUT2D eigenvalue weighted by Gasteiger charge is -2.42. The largest absolute Gasteiger partial charge is 0.452 e. The van der Waals surface area contributed by atoms with Crippen molar-refractivity contribution in [1.82, 2.24) is 4.90 Å². The molecule has 2 heterocycles. The van der Waals surface area contributed by atoms with Crippen LogP contribution in [0.3, 0.4) is 0 Å². The summed E-state index contributed by atoms with van der Waals surface area (Å²) < 4.78 is 4.71. The van der Waals surface area contributed by atoms with Crippen LogP contribution < -0.4 is 0 Å². The average Bonchev–Trinajstić information content (AvgIpc) is 2.76. The molecule has 2 atom stereocenters. The molecule has 0 aromatic carbocycles. The molecule has 2 bridgehead atoms. The Labute approximate surface area is 127 Å². The van der Waals surface area contributed by atoms with Gasteiger partial charge in [-0.2, -0.15) is 21.0 Å². The molecule has 0 fully saturated rings. The predicted molar refractivity (Wildman–Crippen MR) is 71.7 cm³/mol. The maximum absolute atomic E-state index is 12.1. The van der Waals surface area contributed by atoms with Crippen LogP contribution in [-0.4, -0.2) is 24.1 Å². The third-order valence-corrected chi connectivity index (χ3v) is 4.22. The molecule has 0 N–H and O–H groups in total. The first kappa shape index (κ1) is 15.1. The van der Waals surface area contributed by atoms with Gasteiger partial charge in [0, 0.05) is 11.6 Å². The van der Waals surface area contributed by atoms with Crippen LogP contribution in [0.4, 0.5) is 4.79 Å². The molecule has 1 aliphatic carbocycles. The van der Waals surface area contributed by atoms with E-state index in [4.69, 9.17) is 4.74 Å². The minimum Gasteiger partial charge on any atom is -0.452 e. The fourth-order valence-electron chi connectivity index (χ4n) is 3.07. The number of carbonyl (C=O) groups is 1. The van der Waals surface area contributed by atoms with Crippen molar-refractivity contribution in [2.75, 3.05) is 7.11 Å². The highest BCUT2D eigenvalue weighted by Gasteiger charge is 2.67. The van der Waals surface area contributed by atoms with Gasteiger partial charge in [-0.25, -0.2) is 4.79 Å². The number of hydrogen-bond acceptors (Lipinski definition) is 6. The Hall–Kier alpha value is -3.29. The van der Waals surface area contributed by atoms with E-state index in [1.807, 2.05) is 24.3 Å². The quantitative estimate of drug-likeness (QED) is 0.624. The van der Waals surface area contributed by atoms with Crippen molar-refractivity contribution in [2.24, 2.45) is 16.7 Å². The van der Waals surface area contributed by atoms with Gasteiger partial charge in [0.1, 0.15) is 0 Å². The van der Waals surface area contributed by atoms with Gasteiger partial charge >= 0.3 is 6.09 Å². The highest BCUT2D eigenvalue weighted by atomic mass is 16.5. The molecular formula is C15H11N5O2. The van der Waals surface area contributed by atoms with Gasteiger partial charge in [0.15, 0.2) is 10.8 Å². The molecule has 2 aliphatic heterocycles. The Balaban J connectivity index is 2.86. The molecule has 2 unspecified atom stereocenters. The van der Waals surface area contributed by atoms with E-state index in [1.165, 1.54) is 19.3 Å². The second-order valence-corrected chi connectivity index (χ2v) is 5.07. The Morgan fingerprint density at radius 3 is 2.14 bits per heavy atom. The van der Waals surface area contributed by atoms with E-state index in [-0.39, 0.29) is 0 Å². The van der Waals surface area contributed by atoms with Crippen LogP contribution in [0.25, 0.3) is 0 Å². The monoisotopic (exact) mass is 293 g/mol. The average molecular weight is 293 g/mol. The lowest BCUT2D eigenvalue weighted by molar-refractivity contribution is 0.0957. The number of hydrogen-bond donors (Lipinski definition) is 0. The molecule has 0 aromatic rings. The van der Waals surface area contributed by atoms with Crippen molar-refractivity contribution in [2.45, 2.75) is 13.0 Å². The molecule has 0 radical (unpaired) electrons. The van der Waals surface area contributed by atoms with Gasteiger partial charge < -0.3 is 4.74 Å². The van der Waals surface area contributed by atoms with Gasteiger partial charge in [-0.3, -0.25) is 4.90 Å². The van der Waals surface area contributed by atoms with Crippen LogP contribution in [0, 0.1) is 62.1 Å². The Bertz CT molecular complexity index is 725. The summed E-state index contributed by atoms with van der Waals surface area (Å²) in [5, 5.41) is 38.4. The van der Waals surface area contributed by atoms with E-state index in [9.17, 15) is 25.8 Å². The number of allylic oxidation sites excluding steroid dienone is 3. The normalized spacial score (nSPS) is 26.5. The van der Waals surface area contributed by atoms with Crippen molar-refractivity contribution in [1.29, 1.82) is 21.0 Å². The van der Waals surface area contributed by atoms with Gasteiger partial charge in [-0.1, -0.05) is 18.2 Å². The van der Waals surface area contributed by atoms with E-state index in [1.54, 1.807) is 13.0 Å². The highest BCUT2D eigenvalue weighted by molar-refractivity contribution is 5.72. The van der Waals surface area contributed by atoms with Gasteiger partial charge in [-0.15, -0.1) is 0 Å². The molecule has 3 aliphatic rings. The van der Waals surface area contributed by atoms with Crippen molar-refractivity contribution in [3.05, 3.63) is 23.9 Å². The summed E-state index contributed by atoms with van der Waals surface area (Å²) in [5.41, 5.74) is -3.49. The molecule has 1 amide bonds. The number of rotatable bonds is 0. The highest BCUT2D eigenvalue weighted by Crippen LogP contribution is 2.55. The fourth-order valence-corrected chi connectivity index (χ4v) is 3.07. The van der Waals surface area contributed by atoms with E-state index < -0.39 is 28.9 Å². The Morgan fingerprint density at radius 2 is 1.68 bits per heavy atom. The van der Waals surface area contributed by atoms with Crippen LogP contribution in [0.5, 0.6) is 0 Å². The molecule has 7 nitrogen and oxygen atoms in total. The first-order valence-corrected chi connectivity index (χ1v) is 6.37. The number of nitrogens with zero attached hydrogens (tertiary/aromatic N) is 5. The molecule has 0 saturated carbocycles. The van der Waals surface area contributed by atoms with Crippen LogP contribution in [-0.2, 0) is 4.74 Å². The lowest BCUT2D eigenvalue weighted by Crippen LogP contribution is -2.56. The topological polar surface area (TPSA) is 125 Å². The number of fused-ring (bicyclic) bond motifs is 2. The Morgan fingerprint density at radius 1 is 1.14 bits per heavy atom. The second kappa shape index (κ2) is 4.92. The lowest BCUT2D eigenvalue weighted by atomic mass is 9.54. The van der Waals surface area contributed by atoms with Gasteiger partial charge in [-0.05, 0) is 6.92 Å². The first-order chi connectivity index (χ1) is 10.5. The number of carbonyl (C=O) groups excluding carboxylic acids is 1. The molecule has 0 aromatic heterocycles. The zero-order valence-corrected chi connectivity index (χ0v) is 11.9. The summed E-state index contributed by atoms with van der Waals surface area (Å²) in [7, 11) is 1.18. The zero-order chi connectivity index (χ0) is 16.5. The summed E-state index contributed by atoms with van der Waals surface area (Å²) in [6.07, 6.45) is 3.87. The summed E-state index contributed by atoms with van der Waals surface area (Å²) >= 11 is 0. The van der Waals surface area contributed by atoms with Crippen LogP contribution >= 0.6 is 0 Å². The third kappa shape index (κ3) is 1.48. The van der Waals surface area contributed by atoms with Crippen molar-refractivity contribution in [3.8, 4) is 24.3 Å².